The van der Waals surface area contributed by atoms with Crippen molar-refractivity contribution >= 4 is 17.8 Å². The predicted octanol–water partition coefficient (Wildman–Crippen LogP) is 3.70. The molecule has 8 heteroatoms. The van der Waals surface area contributed by atoms with Gasteiger partial charge in [-0.05, 0) is 50.7 Å². The molecule has 3 heterocycles. The number of aromatic nitrogens is 3. The van der Waals surface area contributed by atoms with Crippen molar-refractivity contribution in [3.63, 3.8) is 0 Å². The highest BCUT2D eigenvalue weighted by atomic mass is 16.5. The summed E-state index contributed by atoms with van der Waals surface area (Å²) in [5.74, 6) is 1.54. The van der Waals surface area contributed by atoms with Crippen molar-refractivity contribution in [1.82, 2.24) is 15.1 Å². The number of aryl methyl sites for hydroxylation is 1. The molecule has 2 aromatic rings. The summed E-state index contributed by atoms with van der Waals surface area (Å²) in [6.45, 7) is 8.58. The van der Waals surface area contributed by atoms with Crippen LogP contribution in [0.25, 0.3) is 0 Å². The number of carbonyl (C=O) groups is 1. The predicted molar refractivity (Wildman–Crippen MR) is 107 cm³/mol. The Labute approximate surface area is 165 Å². The van der Waals surface area contributed by atoms with Gasteiger partial charge in [-0.15, -0.1) is 0 Å². The molecule has 0 atom stereocenters. The van der Waals surface area contributed by atoms with E-state index in [1.807, 2.05) is 0 Å². The lowest BCUT2D eigenvalue weighted by Gasteiger charge is -2.30. The topological polar surface area (TPSA) is 104 Å². The zero-order chi connectivity index (χ0) is 20.1. The fraction of sp³-hybridized carbons (Fsp3) is 0.600. The van der Waals surface area contributed by atoms with E-state index in [1.165, 1.54) is 0 Å². The molecular formula is C20H29N5O3. The number of aromatic carboxylic acids is 1. The minimum absolute atomic E-state index is 0.249. The molecule has 2 N–H and O–H groups in total. The van der Waals surface area contributed by atoms with Crippen molar-refractivity contribution in [2.45, 2.75) is 52.4 Å². The second-order valence-corrected chi connectivity index (χ2v) is 7.72. The molecule has 28 heavy (non-hydrogen) atoms. The van der Waals surface area contributed by atoms with Crippen molar-refractivity contribution in [3.8, 4) is 0 Å². The molecule has 2 aromatic heterocycles. The van der Waals surface area contributed by atoms with E-state index in [2.05, 4.69) is 39.2 Å². The summed E-state index contributed by atoms with van der Waals surface area (Å²) in [4.78, 5) is 22.0. The van der Waals surface area contributed by atoms with E-state index in [-0.39, 0.29) is 11.5 Å². The van der Waals surface area contributed by atoms with Crippen LogP contribution in [-0.4, -0.2) is 45.8 Å². The van der Waals surface area contributed by atoms with Crippen LogP contribution in [0.2, 0.25) is 0 Å². The maximum Gasteiger partial charge on any atom is 0.337 e. The van der Waals surface area contributed by atoms with Crippen molar-refractivity contribution in [1.29, 1.82) is 0 Å². The van der Waals surface area contributed by atoms with Gasteiger partial charge in [-0.2, -0.15) is 4.98 Å². The van der Waals surface area contributed by atoms with Gasteiger partial charge in [0.15, 0.2) is 5.82 Å². The fourth-order valence-electron chi connectivity index (χ4n) is 3.50. The monoisotopic (exact) mass is 387 g/mol. The van der Waals surface area contributed by atoms with Crippen LogP contribution in [0.1, 0.15) is 67.3 Å². The van der Waals surface area contributed by atoms with Crippen molar-refractivity contribution in [3.05, 3.63) is 29.2 Å². The summed E-state index contributed by atoms with van der Waals surface area (Å²) >= 11 is 0. The quantitative estimate of drug-likeness (QED) is 0.661. The number of anilines is 2. The second-order valence-electron chi connectivity index (χ2n) is 7.72. The lowest BCUT2D eigenvalue weighted by atomic mass is 9.92. The largest absolute Gasteiger partial charge is 0.478 e. The molecule has 3 rings (SSSR count). The number of hydrogen-bond acceptors (Lipinski definition) is 7. The van der Waals surface area contributed by atoms with Crippen LogP contribution >= 0.6 is 0 Å². The van der Waals surface area contributed by atoms with Crippen molar-refractivity contribution in [2.75, 3.05) is 29.9 Å². The third-order valence-electron chi connectivity index (χ3n) is 5.24. The van der Waals surface area contributed by atoms with Gasteiger partial charge in [-0.25, -0.2) is 9.78 Å². The van der Waals surface area contributed by atoms with E-state index >= 15 is 0 Å². The van der Waals surface area contributed by atoms with Crippen LogP contribution in [0.3, 0.4) is 0 Å². The molecule has 1 aliphatic rings. The summed E-state index contributed by atoms with van der Waals surface area (Å²) in [7, 11) is 0. The lowest BCUT2D eigenvalue weighted by molar-refractivity contribution is 0.0695. The molecule has 0 radical (unpaired) electrons. The normalized spacial score (nSPS) is 15.2. The van der Waals surface area contributed by atoms with Gasteiger partial charge in [-0.3, -0.25) is 0 Å². The summed E-state index contributed by atoms with van der Waals surface area (Å²) < 4.78 is 5.39. The fourth-order valence-corrected chi connectivity index (χ4v) is 3.50. The lowest BCUT2D eigenvalue weighted by Crippen LogP contribution is -2.34. The molecule has 0 amide bonds. The van der Waals surface area contributed by atoms with Gasteiger partial charge in [0.2, 0.25) is 0 Å². The van der Waals surface area contributed by atoms with Crippen LogP contribution in [-0.2, 0) is 0 Å². The molecule has 0 aliphatic carbocycles. The highest BCUT2D eigenvalue weighted by Crippen LogP contribution is 2.26. The SMILES string of the molecule is Cc1nc(NCCCC2CCN(c3nc(C(C)C)no3)CC2)ccc1C(=O)O. The first kappa shape index (κ1) is 20.1. The van der Waals surface area contributed by atoms with Crippen molar-refractivity contribution < 1.29 is 14.4 Å². The summed E-state index contributed by atoms with van der Waals surface area (Å²) in [6, 6.07) is 3.98. The van der Waals surface area contributed by atoms with Crippen LogP contribution in [0, 0.1) is 12.8 Å². The number of pyridine rings is 1. The van der Waals surface area contributed by atoms with Gasteiger partial charge in [0, 0.05) is 25.6 Å². The number of rotatable bonds is 8. The van der Waals surface area contributed by atoms with Gasteiger partial charge in [0.05, 0.1) is 11.3 Å². The standard InChI is InChI=1S/C20H29N5O3/c1-13(2)18-23-20(28-24-18)25-11-8-15(9-12-25)5-4-10-21-17-7-6-16(19(26)27)14(3)22-17/h6-7,13,15H,4-5,8-12H2,1-3H3,(H,21,22)(H,26,27). The van der Waals surface area contributed by atoms with Crippen molar-refractivity contribution in [2.24, 2.45) is 5.92 Å². The number of nitrogens with one attached hydrogen (secondary N) is 1. The third-order valence-corrected chi connectivity index (χ3v) is 5.24. The van der Waals surface area contributed by atoms with Gasteiger partial charge < -0.3 is 19.8 Å². The van der Waals surface area contributed by atoms with Gasteiger partial charge in [-0.1, -0.05) is 19.0 Å². The average molecular weight is 387 g/mol. The Balaban J connectivity index is 1.37. The first-order valence-corrected chi connectivity index (χ1v) is 9.97. The van der Waals surface area contributed by atoms with E-state index in [9.17, 15) is 4.79 Å². The molecule has 0 bridgehead atoms. The van der Waals surface area contributed by atoms with E-state index < -0.39 is 5.97 Å². The summed E-state index contributed by atoms with van der Waals surface area (Å²) in [5, 5.41) is 16.4. The highest BCUT2D eigenvalue weighted by Gasteiger charge is 2.23. The summed E-state index contributed by atoms with van der Waals surface area (Å²) in [6.07, 6.45) is 4.48. The van der Waals surface area contributed by atoms with Gasteiger partial charge >= 0.3 is 12.0 Å². The molecule has 0 unspecified atom stereocenters. The Morgan fingerprint density at radius 3 is 2.68 bits per heavy atom. The van der Waals surface area contributed by atoms with Crippen LogP contribution < -0.4 is 10.2 Å². The Morgan fingerprint density at radius 2 is 2.07 bits per heavy atom. The maximum atomic E-state index is 11.0. The minimum atomic E-state index is -0.941. The summed E-state index contributed by atoms with van der Waals surface area (Å²) in [5.41, 5.74) is 0.783. The molecular weight excluding hydrogens is 358 g/mol. The second kappa shape index (κ2) is 9.03. The molecule has 0 aromatic carbocycles. The van der Waals surface area contributed by atoms with E-state index in [0.717, 1.165) is 57.0 Å². The number of nitrogens with zero attached hydrogens (tertiary/aromatic N) is 4. The number of carboxylic acid groups (broad SMARTS) is 1. The average Bonchev–Trinajstić information content (AvgIpc) is 3.16. The molecule has 0 saturated carbocycles. The zero-order valence-electron chi connectivity index (χ0n) is 16.8. The van der Waals surface area contributed by atoms with E-state index in [1.54, 1.807) is 19.1 Å². The van der Waals surface area contributed by atoms with Crippen LogP contribution in [0.4, 0.5) is 11.8 Å². The zero-order valence-corrected chi connectivity index (χ0v) is 16.8. The molecule has 1 aliphatic heterocycles. The number of hydrogen-bond donors (Lipinski definition) is 2. The number of piperidine rings is 1. The first-order valence-electron chi connectivity index (χ1n) is 9.97. The highest BCUT2D eigenvalue weighted by molar-refractivity contribution is 5.89. The molecule has 152 valence electrons. The minimum Gasteiger partial charge on any atom is -0.478 e. The third kappa shape index (κ3) is 4.99. The Kier molecular flexibility index (Phi) is 6.49. The van der Waals surface area contributed by atoms with Gasteiger partial charge in [0.1, 0.15) is 5.82 Å². The Hall–Kier alpha value is -2.64. The molecule has 1 saturated heterocycles. The Morgan fingerprint density at radius 1 is 1.32 bits per heavy atom. The first-order chi connectivity index (χ1) is 13.4. The Bertz CT molecular complexity index is 797. The molecule has 8 nitrogen and oxygen atoms in total. The maximum absolute atomic E-state index is 11.0. The van der Waals surface area contributed by atoms with Crippen LogP contribution in [0.5, 0.6) is 0 Å². The number of carboxylic acids is 1. The smallest absolute Gasteiger partial charge is 0.337 e. The van der Waals surface area contributed by atoms with Gasteiger partial charge in [0.25, 0.3) is 0 Å². The van der Waals surface area contributed by atoms with E-state index in [0.29, 0.717) is 17.6 Å². The molecule has 0 spiro atoms. The van der Waals surface area contributed by atoms with Crippen LogP contribution in [0.15, 0.2) is 16.7 Å². The molecule has 1 fully saturated rings. The van der Waals surface area contributed by atoms with E-state index in [4.69, 9.17) is 9.63 Å².